The van der Waals surface area contributed by atoms with Crippen molar-refractivity contribution in [2.75, 3.05) is 13.7 Å². The summed E-state index contributed by atoms with van der Waals surface area (Å²) in [7, 11) is 1.19. The Balaban J connectivity index is 2.31. The highest BCUT2D eigenvalue weighted by atomic mass is 16.6. The molecule has 144 valence electrons. The number of nitrogens with zero attached hydrogens (tertiary/aromatic N) is 1. The second kappa shape index (κ2) is 8.27. The predicted molar refractivity (Wildman–Crippen MR) is 84.6 cm³/mol. The minimum absolute atomic E-state index is 0.0522. The van der Waals surface area contributed by atoms with Gasteiger partial charge >= 0.3 is 5.97 Å². The molecule has 26 heavy (non-hydrogen) atoms. The largest absolute Gasteiger partial charge is 0.466 e. The molecule has 11 heteroatoms. The zero-order valence-electron chi connectivity index (χ0n) is 14.2. The van der Waals surface area contributed by atoms with Crippen molar-refractivity contribution >= 4 is 17.8 Å². The van der Waals surface area contributed by atoms with Crippen molar-refractivity contribution < 1.29 is 39.2 Å². The first-order valence-electron chi connectivity index (χ1n) is 7.74. The summed E-state index contributed by atoms with van der Waals surface area (Å²) in [5, 5.41) is 34.1. The van der Waals surface area contributed by atoms with Gasteiger partial charge in [-0.1, -0.05) is 0 Å². The third-order valence-corrected chi connectivity index (χ3v) is 3.89. The van der Waals surface area contributed by atoms with Gasteiger partial charge in [0.2, 0.25) is 5.91 Å². The molecule has 11 nitrogen and oxygen atoms in total. The summed E-state index contributed by atoms with van der Waals surface area (Å²) >= 11 is 0. The lowest BCUT2D eigenvalue weighted by molar-refractivity contribution is -0.134. The highest BCUT2D eigenvalue weighted by Crippen LogP contribution is 2.28. The van der Waals surface area contributed by atoms with Gasteiger partial charge < -0.3 is 40.3 Å². The van der Waals surface area contributed by atoms with Crippen molar-refractivity contribution in [3.63, 3.8) is 0 Å². The molecule has 0 bridgehead atoms. The number of rotatable bonds is 5. The lowest BCUT2D eigenvalue weighted by Crippen LogP contribution is -2.59. The van der Waals surface area contributed by atoms with Gasteiger partial charge in [-0.05, 0) is 0 Å². The van der Waals surface area contributed by atoms with Crippen LogP contribution in [-0.2, 0) is 23.9 Å². The lowest BCUT2D eigenvalue weighted by Gasteiger charge is -2.35. The average molecular weight is 371 g/mol. The van der Waals surface area contributed by atoms with Crippen LogP contribution in [0, 0.1) is 0 Å². The molecular weight excluding hydrogens is 350 g/mol. The Morgan fingerprint density at radius 2 is 2.12 bits per heavy atom. The van der Waals surface area contributed by atoms with Crippen molar-refractivity contribution in [3.8, 4) is 0 Å². The van der Waals surface area contributed by atoms with Crippen LogP contribution in [0.4, 0.5) is 0 Å². The average Bonchev–Trinajstić information content (AvgIpc) is 2.88. The van der Waals surface area contributed by atoms with E-state index in [9.17, 15) is 24.6 Å². The normalized spacial score (nSPS) is 31.6. The van der Waals surface area contributed by atoms with E-state index >= 15 is 0 Å². The summed E-state index contributed by atoms with van der Waals surface area (Å²) in [4.78, 5) is 36.3. The van der Waals surface area contributed by atoms with E-state index < -0.39 is 55.1 Å². The van der Waals surface area contributed by atoms with Crippen LogP contribution in [0.2, 0.25) is 0 Å². The van der Waals surface area contributed by atoms with Gasteiger partial charge in [0.25, 0.3) is 5.91 Å². The molecule has 0 saturated carbocycles. The first-order chi connectivity index (χ1) is 12.3. The number of carbonyl (C=O) groups excluding carboxylic acids is 3. The maximum Gasteiger partial charge on any atom is 0.331 e. The van der Waals surface area contributed by atoms with Gasteiger partial charge in [0, 0.05) is 25.4 Å². The molecular formula is C15H21N3O8. The van der Waals surface area contributed by atoms with Crippen LogP contribution in [0.15, 0.2) is 24.0 Å². The van der Waals surface area contributed by atoms with Crippen LogP contribution >= 0.6 is 0 Å². The number of aliphatic hydroxyl groups is 3. The van der Waals surface area contributed by atoms with Crippen molar-refractivity contribution in [2.45, 2.75) is 37.6 Å². The highest BCUT2D eigenvalue weighted by Gasteiger charge is 2.47. The van der Waals surface area contributed by atoms with E-state index in [2.05, 4.69) is 15.4 Å². The monoisotopic (exact) mass is 371 g/mol. The van der Waals surface area contributed by atoms with Gasteiger partial charge in [0.1, 0.15) is 24.4 Å². The Morgan fingerprint density at radius 1 is 1.42 bits per heavy atom. The van der Waals surface area contributed by atoms with E-state index in [1.165, 1.54) is 31.3 Å². The van der Waals surface area contributed by atoms with Gasteiger partial charge in [-0.25, -0.2) is 4.79 Å². The number of hydrogen-bond acceptors (Lipinski definition) is 9. The number of carbonyl (C=O) groups is 3. The minimum atomic E-state index is -1.44. The van der Waals surface area contributed by atoms with E-state index in [4.69, 9.17) is 9.84 Å². The van der Waals surface area contributed by atoms with E-state index in [1.54, 1.807) is 0 Å². The Labute approximate surface area is 148 Å². The third kappa shape index (κ3) is 4.19. The fraction of sp³-hybridized carbons (Fsp3) is 0.533. The van der Waals surface area contributed by atoms with Gasteiger partial charge in [0.15, 0.2) is 6.29 Å². The summed E-state index contributed by atoms with van der Waals surface area (Å²) in [5.41, 5.74) is -0.0522. The summed E-state index contributed by atoms with van der Waals surface area (Å²) in [6, 6.07) is 0. The van der Waals surface area contributed by atoms with Gasteiger partial charge in [-0.2, -0.15) is 0 Å². The number of aliphatic hydroxyl groups excluding tert-OH is 3. The topological polar surface area (TPSA) is 158 Å². The third-order valence-electron chi connectivity index (χ3n) is 3.89. The predicted octanol–water partition coefficient (Wildman–Crippen LogP) is -3.11. The van der Waals surface area contributed by atoms with Crippen LogP contribution in [0.1, 0.15) is 6.92 Å². The Bertz CT molecular complexity index is 634. The van der Waals surface area contributed by atoms with Crippen molar-refractivity contribution in [3.05, 3.63) is 24.0 Å². The Hall–Kier alpha value is -2.47. The van der Waals surface area contributed by atoms with Crippen molar-refractivity contribution in [1.29, 1.82) is 0 Å². The number of esters is 1. The molecule has 2 heterocycles. The molecule has 2 aliphatic heterocycles. The molecule has 0 aliphatic carbocycles. The number of methoxy groups -OCH3 is 1. The standard InChI is InChI=1S/C15H21N3O8/c1-7(20)16-15-17-14(24)8(5-18(15)4-3-10(21)25-2)13-12(23)11(22)9(6-19)26-13/h3-5,9,11-13,15,19,22-23H,6H2,1-2H3,(H,16,20)(H,17,24)/b4-3+. The molecule has 5 atom stereocenters. The zero-order chi connectivity index (χ0) is 19.4. The molecule has 5 N–H and O–H groups in total. The summed E-state index contributed by atoms with van der Waals surface area (Å²) in [6.45, 7) is 0.712. The molecule has 1 fully saturated rings. The second-order valence-corrected chi connectivity index (χ2v) is 5.71. The maximum atomic E-state index is 12.4. The van der Waals surface area contributed by atoms with Gasteiger partial charge in [-0.15, -0.1) is 0 Å². The number of amides is 2. The van der Waals surface area contributed by atoms with Crippen molar-refractivity contribution in [1.82, 2.24) is 15.5 Å². The van der Waals surface area contributed by atoms with Crippen LogP contribution in [0.25, 0.3) is 0 Å². The molecule has 2 rings (SSSR count). The first kappa shape index (κ1) is 19.8. The van der Waals surface area contributed by atoms with E-state index in [0.29, 0.717) is 0 Å². The Kier molecular flexibility index (Phi) is 6.32. The summed E-state index contributed by atoms with van der Waals surface area (Å²) < 4.78 is 9.84. The summed E-state index contributed by atoms with van der Waals surface area (Å²) in [5.74, 6) is -1.75. The fourth-order valence-electron chi connectivity index (χ4n) is 2.58. The number of ether oxygens (including phenoxy) is 2. The molecule has 0 spiro atoms. The first-order valence-corrected chi connectivity index (χ1v) is 7.74. The SMILES string of the molecule is COC(=O)/C=C/N1C=C(C2OC(CO)C(O)C2O)C(=O)NC1NC(C)=O. The van der Waals surface area contributed by atoms with Crippen LogP contribution in [0.5, 0.6) is 0 Å². The van der Waals surface area contributed by atoms with Crippen LogP contribution < -0.4 is 10.6 Å². The van der Waals surface area contributed by atoms with Crippen molar-refractivity contribution in [2.24, 2.45) is 0 Å². The molecule has 0 aromatic carbocycles. The molecule has 2 aliphatic rings. The minimum Gasteiger partial charge on any atom is -0.466 e. The Morgan fingerprint density at radius 3 is 2.65 bits per heavy atom. The number of nitrogens with one attached hydrogen (secondary N) is 2. The quantitative estimate of drug-likeness (QED) is 0.249. The molecule has 2 amide bonds. The number of hydrogen-bond donors (Lipinski definition) is 5. The molecule has 1 saturated heterocycles. The maximum absolute atomic E-state index is 12.4. The zero-order valence-corrected chi connectivity index (χ0v) is 14.2. The van der Waals surface area contributed by atoms with E-state index in [-0.39, 0.29) is 5.57 Å². The molecule has 0 aromatic rings. The second-order valence-electron chi connectivity index (χ2n) is 5.71. The van der Waals surface area contributed by atoms with E-state index in [0.717, 1.165) is 6.08 Å². The van der Waals surface area contributed by atoms with Crippen LogP contribution in [0.3, 0.4) is 0 Å². The molecule has 0 aromatic heterocycles. The molecule has 5 unspecified atom stereocenters. The van der Waals surface area contributed by atoms with Gasteiger partial charge in [0.05, 0.1) is 19.3 Å². The lowest BCUT2D eigenvalue weighted by atomic mass is 10.0. The smallest absolute Gasteiger partial charge is 0.331 e. The van der Waals surface area contributed by atoms with Gasteiger partial charge in [-0.3, -0.25) is 9.59 Å². The van der Waals surface area contributed by atoms with E-state index in [1.807, 2.05) is 0 Å². The summed E-state index contributed by atoms with van der Waals surface area (Å²) in [6.07, 6.45) is -2.45. The molecule has 0 radical (unpaired) electrons. The highest BCUT2D eigenvalue weighted by molar-refractivity contribution is 5.96. The van der Waals surface area contributed by atoms with Crippen LogP contribution in [-0.4, -0.2) is 82.4 Å². The fourth-order valence-corrected chi connectivity index (χ4v) is 2.58.